The number of cyclic esters (lactones) is 1. The van der Waals surface area contributed by atoms with Crippen LogP contribution in [-0.4, -0.2) is 180 Å². The van der Waals surface area contributed by atoms with Crippen LogP contribution in [0.15, 0.2) is 11.6 Å². The first-order valence-electron chi connectivity index (χ1n) is 20.9. The summed E-state index contributed by atoms with van der Waals surface area (Å²) in [6, 6.07) is 0. The molecule has 24 atom stereocenters. The second-order valence-electron chi connectivity index (χ2n) is 18.9. The van der Waals surface area contributed by atoms with Crippen LogP contribution in [0, 0.1) is 34.5 Å². The van der Waals surface area contributed by atoms with E-state index in [1.165, 1.54) is 13.0 Å². The molecule has 0 radical (unpaired) electrons. The monoisotopic (exact) mass is 830 g/mol. The lowest BCUT2D eigenvalue weighted by Crippen LogP contribution is -2.69. The van der Waals surface area contributed by atoms with Gasteiger partial charge in [0.1, 0.15) is 61.0 Å². The van der Waals surface area contributed by atoms with E-state index in [-0.39, 0.29) is 43.0 Å². The summed E-state index contributed by atoms with van der Waals surface area (Å²) in [5.41, 5.74) is -2.57. The number of rotatable bonds is 7. The van der Waals surface area contributed by atoms with Gasteiger partial charge in [-0.25, -0.2) is 4.79 Å². The van der Waals surface area contributed by atoms with Gasteiger partial charge < -0.3 is 84.2 Å². The van der Waals surface area contributed by atoms with Crippen LogP contribution in [0.25, 0.3) is 0 Å². The maximum absolute atomic E-state index is 12.6. The van der Waals surface area contributed by atoms with Crippen LogP contribution in [0.3, 0.4) is 0 Å². The quantitative estimate of drug-likeness (QED) is 0.0955. The second-order valence-corrected chi connectivity index (χ2v) is 18.9. The Kier molecular flexibility index (Phi) is 11.7. The molecular weight excluding hydrogens is 768 g/mol. The predicted octanol–water partition coefficient (Wildman–Crippen LogP) is -2.29. The highest BCUT2D eigenvalue weighted by atomic mass is 16.7. The summed E-state index contributed by atoms with van der Waals surface area (Å²) in [4.78, 5) is 12.0. The van der Waals surface area contributed by atoms with Crippen molar-refractivity contribution in [2.75, 3.05) is 13.2 Å². The van der Waals surface area contributed by atoms with Crippen molar-refractivity contribution in [3.8, 4) is 0 Å². The van der Waals surface area contributed by atoms with E-state index in [2.05, 4.69) is 6.92 Å². The van der Waals surface area contributed by atoms with E-state index in [0.717, 1.165) is 0 Å². The maximum atomic E-state index is 12.6. The number of aliphatic hydroxyl groups excluding tert-OH is 9. The van der Waals surface area contributed by atoms with E-state index in [0.29, 0.717) is 44.1 Å². The van der Waals surface area contributed by atoms with Crippen molar-refractivity contribution in [1.82, 2.24) is 0 Å². The summed E-state index contributed by atoms with van der Waals surface area (Å²) in [5, 5.41) is 111. The molecule has 18 heteroatoms. The van der Waals surface area contributed by atoms with Gasteiger partial charge in [-0.2, -0.15) is 0 Å². The number of esters is 1. The Balaban J connectivity index is 0.861. The summed E-state index contributed by atoms with van der Waals surface area (Å²) in [6.45, 7) is 6.91. The molecule has 0 aromatic heterocycles. The smallest absolute Gasteiger partial charge is 0.331 e. The molecule has 8 aliphatic rings. The van der Waals surface area contributed by atoms with Crippen LogP contribution < -0.4 is 0 Å². The maximum Gasteiger partial charge on any atom is 0.331 e. The molecule has 0 bridgehead atoms. The molecule has 7 fully saturated rings. The second kappa shape index (κ2) is 15.7. The van der Waals surface area contributed by atoms with Crippen molar-refractivity contribution in [1.29, 1.82) is 0 Å². The van der Waals surface area contributed by atoms with Gasteiger partial charge in [-0.05, 0) is 75.2 Å². The lowest BCUT2D eigenvalue weighted by molar-refractivity contribution is -0.354. The van der Waals surface area contributed by atoms with Crippen LogP contribution >= 0.6 is 0 Å². The van der Waals surface area contributed by atoms with Crippen molar-refractivity contribution in [2.45, 2.75) is 183 Å². The summed E-state index contributed by atoms with van der Waals surface area (Å²) in [5.74, 6) is -2.06. The number of aliphatic hydroxyl groups is 10. The zero-order valence-corrected chi connectivity index (χ0v) is 33.3. The van der Waals surface area contributed by atoms with E-state index in [9.17, 15) is 55.9 Å². The fraction of sp³-hybridized carbons (Fsp3) is 0.925. The third-order valence-electron chi connectivity index (χ3n) is 15.8. The average Bonchev–Trinajstić information content (AvgIpc) is 3.66. The van der Waals surface area contributed by atoms with E-state index in [4.69, 9.17) is 33.2 Å². The third-order valence-corrected chi connectivity index (χ3v) is 15.8. The largest absolute Gasteiger partial charge is 0.458 e. The lowest BCUT2D eigenvalue weighted by atomic mass is 9.42. The van der Waals surface area contributed by atoms with Gasteiger partial charge in [0.2, 0.25) is 0 Å². The van der Waals surface area contributed by atoms with Crippen LogP contribution in [0.4, 0.5) is 0 Å². The molecule has 0 amide bonds. The fourth-order valence-electron chi connectivity index (χ4n) is 12.6. The number of ether oxygens (including phenoxy) is 7. The highest BCUT2D eigenvalue weighted by molar-refractivity contribution is 5.85. The summed E-state index contributed by atoms with van der Waals surface area (Å²) in [6.07, 6.45) is -15.3. The Hall–Kier alpha value is -1.43. The first-order chi connectivity index (χ1) is 27.3. The van der Waals surface area contributed by atoms with Gasteiger partial charge in [0.05, 0.1) is 43.2 Å². The molecule has 58 heavy (non-hydrogen) atoms. The summed E-state index contributed by atoms with van der Waals surface area (Å²) >= 11 is 0. The van der Waals surface area contributed by atoms with Gasteiger partial charge in [0, 0.05) is 29.7 Å². The molecule has 4 saturated carbocycles. The highest BCUT2D eigenvalue weighted by Gasteiger charge is 2.75. The molecule has 4 aliphatic heterocycles. The van der Waals surface area contributed by atoms with Crippen molar-refractivity contribution < 1.29 is 89.0 Å². The van der Waals surface area contributed by atoms with Crippen LogP contribution in [-0.2, 0) is 38.0 Å². The Morgan fingerprint density at radius 3 is 2.16 bits per heavy atom. The number of hydrogen-bond donors (Lipinski definition) is 10. The van der Waals surface area contributed by atoms with Gasteiger partial charge in [0.15, 0.2) is 18.9 Å². The van der Waals surface area contributed by atoms with E-state index < -0.39 is 127 Å². The number of fused-ring (bicyclic) bond motifs is 5. The molecule has 24 unspecified atom stereocenters. The van der Waals surface area contributed by atoms with E-state index in [1.807, 2.05) is 6.92 Å². The van der Waals surface area contributed by atoms with Crippen LogP contribution in [0.5, 0.6) is 0 Å². The Morgan fingerprint density at radius 2 is 1.47 bits per heavy atom. The SMILES string of the molecule is CC1OC(OC2COC(OC3C(O)CC(OC4CCC5(C)C(C4)CC(O)C4C5CCC5(C)C(C6=CC(=O)OC6)C(O)C(O)C45O)OC3C)C(O)C2O)C(O)C(O)C1O. The van der Waals surface area contributed by atoms with Gasteiger partial charge in [-0.3, -0.25) is 0 Å². The van der Waals surface area contributed by atoms with Gasteiger partial charge in [0.25, 0.3) is 0 Å². The lowest BCUT2D eigenvalue weighted by Gasteiger charge is -2.65. The molecule has 330 valence electrons. The minimum atomic E-state index is -1.80. The highest BCUT2D eigenvalue weighted by Crippen LogP contribution is 2.70. The van der Waals surface area contributed by atoms with Crippen molar-refractivity contribution in [2.24, 2.45) is 34.5 Å². The van der Waals surface area contributed by atoms with Crippen molar-refractivity contribution in [3.63, 3.8) is 0 Å². The zero-order chi connectivity index (χ0) is 41.8. The summed E-state index contributed by atoms with van der Waals surface area (Å²) < 4.78 is 40.5. The van der Waals surface area contributed by atoms with E-state index in [1.54, 1.807) is 6.92 Å². The zero-order valence-electron chi connectivity index (χ0n) is 33.3. The molecular formula is C40H62O18. The molecule has 0 aromatic rings. The molecule has 3 saturated heterocycles. The Bertz CT molecular complexity index is 1540. The standard InChI is InChI=1S/C40H62O18/c1-15-28(44)31(47)33(49)37(55-15)57-23-14-53-36(32(48)29(23)45)58-34-16(2)54-25(12-22(34)42)56-19-5-7-38(3)18(10-19)11-21(41)27-20(38)6-8-39(4)26(17-9-24(43)52-13-17)30(46)35(50)40(27,39)51/h9,15-16,18-23,25-37,41-42,44-51H,5-8,10-14H2,1-4H3. The first kappa shape index (κ1) is 43.2. The predicted molar refractivity (Wildman–Crippen MR) is 194 cm³/mol. The van der Waals surface area contributed by atoms with Crippen LogP contribution in [0.1, 0.15) is 72.6 Å². The molecule has 0 spiro atoms. The van der Waals surface area contributed by atoms with Crippen molar-refractivity contribution >= 4 is 5.97 Å². The van der Waals surface area contributed by atoms with Crippen molar-refractivity contribution in [3.05, 3.63) is 11.6 Å². The van der Waals surface area contributed by atoms with Gasteiger partial charge in [-0.15, -0.1) is 0 Å². The molecule has 4 aliphatic carbocycles. The Morgan fingerprint density at radius 1 is 0.741 bits per heavy atom. The summed E-state index contributed by atoms with van der Waals surface area (Å²) in [7, 11) is 0. The minimum Gasteiger partial charge on any atom is -0.458 e. The number of carbonyl (C=O) groups is 1. The molecule has 4 heterocycles. The number of hydrogen-bond acceptors (Lipinski definition) is 18. The molecule has 0 aromatic carbocycles. The average molecular weight is 831 g/mol. The topological polar surface area (TPSA) is 284 Å². The van der Waals surface area contributed by atoms with Gasteiger partial charge >= 0.3 is 5.97 Å². The van der Waals surface area contributed by atoms with Crippen LogP contribution in [0.2, 0.25) is 0 Å². The first-order valence-corrected chi connectivity index (χ1v) is 20.9. The van der Waals surface area contributed by atoms with E-state index >= 15 is 0 Å². The molecule has 18 nitrogen and oxygen atoms in total. The normalized spacial score (nSPS) is 57.2. The Labute approximate surface area is 336 Å². The fourth-order valence-corrected chi connectivity index (χ4v) is 12.6. The molecule has 8 rings (SSSR count). The third kappa shape index (κ3) is 6.82. The molecule has 10 N–H and O–H groups in total. The number of carbonyl (C=O) groups excluding carboxylic acids is 1. The van der Waals surface area contributed by atoms with Gasteiger partial charge in [-0.1, -0.05) is 13.8 Å². The minimum absolute atomic E-state index is 0.00561.